The van der Waals surface area contributed by atoms with Crippen LogP contribution in [0.15, 0.2) is 84.2 Å². The zero-order valence-electron chi connectivity index (χ0n) is 13.9. The molecule has 0 aliphatic heterocycles. The number of hydrogen-bond donors (Lipinski definition) is 0. The Morgan fingerprint density at radius 2 is 1.33 bits per heavy atom. The van der Waals surface area contributed by atoms with Gasteiger partial charge >= 0.3 is 6.18 Å². The fourth-order valence-corrected chi connectivity index (χ4v) is 2.20. The maximum atomic E-state index is 12.5. The lowest BCUT2D eigenvalue weighted by molar-refractivity contribution is -0.681. The van der Waals surface area contributed by atoms with Gasteiger partial charge in [-0.1, -0.05) is 34.7 Å². The summed E-state index contributed by atoms with van der Waals surface area (Å²) >= 11 is 0. The number of benzene rings is 2. The van der Waals surface area contributed by atoms with Gasteiger partial charge in [0.25, 0.3) is 0 Å². The Labute approximate surface area is 154 Å². The SMILES string of the molecule is [O-]C(=N[n+]1ccccc1)c1ccc(C#Cc2ccc(C(F)(F)F)cc2)cc1. The van der Waals surface area contributed by atoms with Crippen LogP contribution in [0.1, 0.15) is 22.3 Å². The number of alkyl halides is 3. The van der Waals surface area contributed by atoms with Crippen molar-refractivity contribution in [2.24, 2.45) is 5.10 Å². The summed E-state index contributed by atoms with van der Waals surface area (Å²) in [4.78, 5) is 0. The Morgan fingerprint density at radius 1 is 0.815 bits per heavy atom. The van der Waals surface area contributed by atoms with Gasteiger partial charge in [0, 0.05) is 23.3 Å². The highest BCUT2D eigenvalue weighted by Crippen LogP contribution is 2.28. The van der Waals surface area contributed by atoms with Crippen LogP contribution in [0.25, 0.3) is 0 Å². The van der Waals surface area contributed by atoms with Crippen LogP contribution in [0.3, 0.4) is 0 Å². The molecule has 0 saturated heterocycles. The molecule has 0 atom stereocenters. The first-order chi connectivity index (χ1) is 12.9. The minimum Gasteiger partial charge on any atom is -0.854 e. The lowest BCUT2D eigenvalue weighted by atomic mass is 10.1. The first-order valence-corrected chi connectivity index (χ1v) is 7.94. The quantitative estimate of drug-likeness (QED) is 0.297. The third kappa shape index (κ3) is 4.95. The van der Waals surface area contributed by atoms with Crippen LogP contribution in [0.5, 0.6) is 0 Å². The molecular formula is C21H13F3N2O. The number of nitrogens with zero attached hydrogens (tertiary/aromatic N) is 2. The first-order valence-electron chi connectivity index (χ1n) is 7.94. The van der Waals surface area contributed by atoms with Crippen molar-refractivity contribution in [2.45, 2.75) is 6.18 Å². The second kappa shape index (κ2) is 7.75. The van der Waals surface area contributed by atoms with Gasteiger partial charge in [-0.2, -0.15) is 13.2 Å². The maximum absolute atomic E-state index is 12.5. The van der Waals surface area contributed by atoms with Gasteiger partial charge in [0.2, 0.25) is 12.4 Å². The number of rotatable bonds is 2. The third-order valence-corrected chi connectivity index (χ3v) is 3.60. The molecule has 1 heterocycles. The zero-order chi connectivity index (χ0) is 19.3. The van der Waals surface area contributed by atoms with Gasteiger partial charge in [0.1, 0.15) is 0 Å². The van der Waals surface area contributed by atoms with Crippen LogP contribution in [0.2, 0.25) is 0 Å². The van der Waals surface area contributed by atoms with Crippen molar-refractivity contribution in [2.75, 3.05) is 0 Å². The highest BCUT2D eigenvalue weighted by atomic mass is 19.4. The van der Waals surface area contributed by atoms with Crippen LogP contribution in [-0.2, 0) is 6.18 Å². The predicted molar refractivity (Wildman–Crippen MR) is 92.4 cm³/mol. The molecule has 0 radical (unpaired) electrons. The molecule has 0 aliphatic carbocycles. The highest BCUT2D eigenvalue weighted by Gasteiger charge is 2.29. The molecule has 27 heavy (non-hydrogen) atoms. The van der Waals surface area contributed by atoms with Gasteiger partial charge in [-0.25, -0.2) is 0 Å². The van der Waals surface area contributed by atoms with E-state index in [9.17, 15) is 18.3 Å². The van der Waals surface area contributed by atoms with Crippen molar-refractivity contribution in [3.8, 4) is 11.8 Å². The van der Waals surface area contributed by atoms with Crippen LogP contribution >= 0.6 is 0 Å². The Bertz CT molecular complexity index is 998. The molecule has 0 aliphatic rings. The Hall–Kier alpha value is -3.59. The topological polar surface area (TPSA) is 39.3 Å². The smallest absolute Gasteiger partial charge is 0.416 e. The lowest BCUT2D eigenvalue weighted by Gasteiger charge is -2.06. The molecular weight excluding hydrogens is 353 g/mol. The normalized spacial score (nSPS) is 11.6. The monoisotopic (exact) mass is 366 g/mol. The summed E-state index contributed by atoms with van der Waals surface area (Å²) in [5.41, 5.74) is 0.805. The van der Waals surface area contributed by atoms with Crippen molar-refractivity contribution >= 4 is 5.90 Å². The van der Waals surface area contributed by atoms with E-state index in [0.29, 0.717) is 16.7 Å². The second-order valence-electron chi connectivity index (χ2n) is 5.56. The van der Waals surface area contributed by atoms with E-state index in [0.717, 1.165) is 12.1 Å². The second-order valence-corrected chi connectivity index (χ2v) is 5.56. The summed E-state index contributed by atoms with van der Waals surface area (Å²) in [6.45, 7) is 0. The molecule has 0 saturated carbocycles. The summed E-state index contributed by atoms with van der Waals surface area (Å²) in [5.74, 6) is 5.26. The van der Waals surface area contributed by atoms with Gasteiger partial charge in [-0.3, -0.25) is 0 Å². The van der Waals surface area contributed by atoms with Crippen molar-refractivity contribution in [3.05, 3.63) is 101 Å². The van der Waals surface area contributed by atoms with Gasteiger partial charge < -0.3 is 5.11 Å². The largest absolute Gasteiger partial charge is 0.854 e. The summed E-state index contributed by atoms with van der Waals surface area (Å²) < 4.78 is 39.0. The van der Waals surface area contributed by atoms with E-state index in [1.165, 1.54) is 16.8 Å². The summed E-state index contributed by atoms with van der Waals surface area (Å²) in [5, 5.41) is 16.0. The molecule has 0 fully saturated rings. The molecule has 0 N–H and O–H groups in total. The minimum atomic E-state index is -4.36. The van der Waals surface area contributed by atoms with Crippen LogP contribution < -0.4 is 9.78 Å². The molecule has 2 aromatic carbocycles. The van der Waals surface area contributed by atoms with E-state index in [1.807, 2.05) is 6.07 Å². The van der Waals surface area contributed by atoms with Gasteiger partial charge in [0.05, 0.1) is 11.5 Å². The standard InChI is InChI=1S/C21H13F3N2O/c22-21(23,24)19-12-8-17(9-13-19)5-4-16-6-10-18(11-7-16)20(27)25-26-14-2-1-3-15-26/h1-3,6-15H. The molecule has 0 unspecified atom stereocenters. The lowest BCUT2D eigenvalue weighted by Crippen LogP contribution is -2.33. The predicted octanol–water partition coefficient (Wildman–Crippen LogP) is 2.96. The number of pyridine rings is 1. The Morgan fingerprint density at radius 3 is 1.85 bits per heavy atom. The van der Waals surface area contributed by atoms with Crippen LogP contribution in [0, 0.1) is 11.8 Å². The van der Waals surface area contributed by atoms with Gasteiger partial charge in [0.15, 0.2) is 0 Å². The molecule has 134 valence electrons. The third-order valence-electron chi connectivity index (χ3n) is 3.60. The van der Waals surface area contributed by atoms with E-state index in [-0.39, 0.29) is 0 Å². The first kappa shape index (κ1) is 18.2. The van der Waals surface area contributed by atoms with Gasteiger partial charge in [-0.15, -0.1) is 0 Å². The van der Waals surface area contributed by atoms with Crippen molar-refractivity contribution in [1.82, 2.24) is 0 Å². The maximum Gasteiger partial charge on any atom is 0.416 e. The molecule has 1 aromatic heterocycles. The molecule has 0 amide bonds. The number of aromatic nitrogens is 1. The van der Waals surface area contributed by atoms with Gasteiger partial charge in [-0.05, 0) is 47.1 Å². The van der Waals surface area contributed by atoms with E-state index >= 15 is 0 Å². The average Bonchev–Trinajstić information content (AvgIpc) is 2.67. The van der Waals surface area contributed by atoms with E-state index in [4.69, 9.17) is 0 Å². The van der Waals surface area contributed by atoms with Crippen molar-refractivity contribution in [1.29, 1.82) is 0 Å². The number of hydrogen-bond acceptors (Lipinski definition) is 2. The van der Waals surface area contributed by atoms with Crippen LogP contribution in [-0.4, -0.2) is 5.90 Å². The molecule has 3 rings (SSSR count). The fraction of sp³-hybridized carbons (Fsp3) is 0.0476. The molecule has 0 bridgehead atoms. The summed E-state index contributed by atoms with van der Waals surface area (Å²) in [7, 11) is 0. The fourth-order valence-electron chi connectivity index (χ4n) is 2.20. The van der Waals surface area contributed by atoms with E-state index in [1.54, 1.807) is 48.8 Å². The molecule has 0 spiro atoms. The highest BCUT2D eigenvalue weighted by molar-refractivity contribution is 5.90. The Balaban J connectivity index is 1.73. The van der Waals surface area contributed by atoms with E-state index in [2.05, 4.69) is 16.9 Å². The minimum absolute atomic E-state index is 0.395. The average molecular weight is 366 g/mol. The van der Waals surface area contributed by atoms with Crippen LogP contribution in [0.4, 0.5) is 13.2 Å². The summed E-state index contributed by atoms with van der Waals surface area (Å²) in [6.07, 6.45) is -1.05. The number of halogens is 3. The molecule has 3 aromatic rings. The van der Waals surface area contributed by atoms with Crippen molar-refractivity contribution in [3.63, 3.8) is 0 Å². The zero-order valence-corrected chi connectivity index (χ0v) is 13.9. The van der Waals surface area contributed by atoms with E-state index < -0.39 is 17.6 Å². The molecule has 6 heteroatoms. The molecule has 3 nitrogen and oxygen atoms in total. The Kier molecular flexibility index (Phi) is 5.23. The summed E-state index contributed by atoms with van der Waals surface area (Å²) in [6, 6.07) is 16.5. The van der Waals surface area contributed by atoms with Crippen molar-refractivity contribution < 1.29 is 23.0 Å².